The van der Waals surface area contributed by atoms with Gasteiger partial charge in [0.2, 0.25) is 5.91 Å². The van der Waals surface area contributed by atoms with Gasteiger partial charge in [0.25, 0.3) is 0 Å². The molecule has 3 aromatic rings. The van der Waals surface area contributed by atoms with Gasteiger partial charge in [-0.05, 0) is 60.4 Å². The highest BCUT2D eigenvalue weighted by molar-refractivity contribution is 6.03. The fourth-order valence-electron chi connectivity index (χ4n) is 3.94. The summed E-state index contributed by atoms with van der Waals surface area (Å²) in [5, 5.41) is 20.4. The average molecular weight is 391 g/mol. The van der Waals surface area contributed by atoms with E-state index in [4.69, 9.17) is 0 Å². The Bertz CT molecular complexity index is 973. The molecule has 1 amide bonds. The standard InChI is InChI=1S/C24H22FNO3/c25-18-9-11-19(12-10-18)26-23(17-7-13-20(27)14-8-17)22(24(26)29)21(28)15-6-16-4-2-1-3-5-16/h1-5,7-14,21-23,27-28H,6,15H2. The molecule has 4 rings (SSSR count). The molecular weight excluding hydrogens is 369 g/mol. The van der Waals surface area contributed by atoms with Crippen LogP contribution < -0.4 is 4.90 Å². The topological polar surface area (TPSA) is 60.8 Å². The van der Waals surface area contributed by atoms with Gasteiger partial charge in [-0.25, -0.2) is 4.39 Å². The van der Waals surface area contributed by atoms with Crippen LogP contribution in [-0.2, 0) is 11.2 Å². The lowest BCUT2D eigenvalue weighted by Crippen LogP contribution is -2.59. The third-order valence-corrected chi connectivity index (χ3v) is 5.47. The minimum absolute atomic E-state index is 0.133. The Balaban J connectivity index is 1.59. The van der Waals surface area contributed by atoms with Crippen LogP contribution in [0.5, 0.6) is 5.75 Å². The first-order valence-electron chi connectivity index (χ1n) is 9.64. The maximum atomic E-state index is 13.3. The van der Waals surface area contributed by atoms with Gasteiger partial charge in [-0.2, -0.15) is 0 Å². The number of carbonyl (C=O) groups is 1. The van der Waals surface area contributed by atoms with E-state index in [9.17, 15) is 19.4 Å². The molecule has 29 heavy (non-hydrogen) atoms. The van der Waals surface area contributed by atoms with Gasteiger partial charge in [-0.3, -0.25) is 4.79 Å². The number of aromatic hydroxyl groups is 1. The quantitative estimate of drug-likeness (QED) is 0.618. The molecule has 1 saturated heterocycles. The first kappa shape index (κ1) is 19.2. The molecule has 0 radical (unpaired) electrons. The second-order valence-electron chi connectivity index (χ2n) is 7.34. The molecule has 3 unspecified atom stereocenters. The second-order valence-corrected chi connectivity index (χ2v) is 7.34. The maximum Gasteiger partial charge on any atom is 0.235 e. The predicted octanol–water partition coefficient (Wildman–Crippen LogP) is 4.23. The molecule has 5 heteroatoms. The molecule has 148 valence electrons. The van der Waals surface area contributed by atoms with Crippen molar-refractivity contribution < 1.29 is 19.4 Å². The molecule has 1 aliphatic heterocycles. The van der Waals surface area contributed by atoms with E-state index in [1.54, 1.807) is 41.3 Å². The number of aryl methyl sites for hydroxylation is 1. The van der Waals surface area contributed by atoms with Crippen molar-refractivity contribution >= 4 is 11.6 Å². The van der Waals surface area contributed by atoms with E-state index in [0.29, 0.717) is 18.5 Å². The Kier molecular flexibility index (Phi) is 5.32. The van der Waals surface area contributed by atoms with Gasteiger partial charge < -0.3 is 15.1 Å². The van der Waals surface area contributed by atoms with Crippen molar-refractivity contribution in [2.45, 2.75) is 25.0 Å². The van der Waals surface area contributed by atoms with Crippen molar-refractivity contribution in [1.82, 2.24) is 0 Å². The monoisotopic (exact) mass is 391 g/mol. The van der Waals surface area contributed by atoms with E-state index >= 15 is 0 Å². The van der Waals surface area contributed by atoms with Gasteiger partial charge in [0, 0.05) is 5.69 Å². The molecule has 0 aliphatic carbocycles. The zero-order chi connectivity index (χ0) is 20.4. The van der Waals surface area contributed by atoms with E-state index < -0.39 is 12.0 Å². The molecule has 0 saturated carbocycles. The summed E-state index contributed by atoms with van der Waals surface area (Å²) < 4.78 is 13.3. The Hall–Kier alpha value is -3.18. The van der Waals surface area contributed by atoms with E-state index in [2.05, 4.69) is 0 Å². The number of benzene rings is 3. The number of phenols is 1. The first-order chi connectivity index (χ1) is 14.0. The number of rotatable bonds is 6. The van der Waals surface area contributed by atoms with Crippen molar-refractivity contribution in [2.75, 3.05) is 4.90 Å². The Morgan fingerprint density at radius 3 is 2.24 bits per heavy atom. The number of aliphatic hydroxyl groups is 1. The lowest BCUT2D eigenvalue weighted by molar-refractivity contribution is -0.136. The largest absolute Gasteiger partial charge is 0.508 e. The van der Waals surface area contributed by atoms with E-state index in [1.807, 2.05) is 30.3 Å². The summed E-state index contributed by atoms with van der Waals surface area (Å²) in [4.78, 5) is 14.6. The third-order valence-electron chi connectivity index (χ3n) is 5.47. The van der Waals surface area contributed by atoms with Crippen LogP contribution in [-0.4, -0.2) is 22.2 Å². The molecule has 0 aromatic heterocycles. The fourth-order valence-corrected chi connectivity index (χ4v) is 3.94. The minimum Gasteiger partial charge on any atom is -0.508 e. The zero-order valence-electron chi connectivity index (χ0n) is 15.8. The van der Waals surface area contributed by atoms with Gasteiger partial charge >= 0.3 is 0 Å². The number of phenolic OH excluding ortho intramolecular Hbond substituents is 1. The average Bonchev–Trinajstić information content (AvgIpc) is 2.73. The molecule has 4 nitrogen and oxygen atoms in total. The van der Waals surface area contributed by atoms with Gasteiger partial charge in [0.05, 0.1) is 18.1 Å². The summed E-state index contributed by atoms with van der Waals surface area (Å²) in [6.07, 6.45) is 0.329. The maximum absolute atomic E-state index is 13.3. The fraction of sp³-hybridized carbons (Fsp3) is 0.208. The third kappa shape index (κ3) is 3.87. The molecule has 2 N–H and O–H groups in total. The highest BCUT2D eigenvalue weighted by Gasteiger charge is 2.52. The lowest BCUT2D eigenvalue weighted by Gasteiger charge is -2.49. The first-order valence-corrected chi connectivity index (χ1v) is 9.64. The van der Waals surface area contributed by atoms with Crippen LogP contribution in [0.3, 0.4) is 0 Å². The Morgan fingerprint density at radius 1 is 0.931 bits per heavy atom. The van der Waals surface area contributed by atoms with Crippen LogP contribution in [0.1, 0.15) is 23.6 Å². The highest BCUT2D eigenvalue weighted by atomic mass is 19.1. The minimum atomic E-state index is -0.807. The number of β-lactam (4-membered cyclic amide) rings is 1. The van der Waals surface area contributed by atoms with Crippen molar-refractivity contribution in [3.63, 3.8) is 0 Å². The summed E-state index contributed by atoms with van der Waals surface area (Å²) in [5.41, 5.74) is 2.51. The van der Waals surface area contributed by atoms with E-state index in [-0.39, 0.29) is 23.5 Å². The molecular formula is C24H22FNO3. The number of carbonyl (C=O) groups excluding carboxylic acids is 1. The molecule has 3 atom stereocenters. The molecule has 3 aromatic carbocycles. The molecule has 0 spiro atoms. The Labute approximate surface area is 168 Å². The van der Waals surface area contributed by atoms with Crippen LogP contribution in [0.15, 0.2) is 78.9 Å². The molecule has 1 heterocycles. The summed E-state index contributed by atoms with van der Waals surface area (Å²) in [7, 11) is 0. The number of hydrogen-bond acceptors (Lipinski definition) is 3. The van der Waals surface area contributed by atoms with Crippen molar-refractivity contribution in [3.05, 3.63) is 95.8 Å². The SMILES string of the molecule is O=C1C(C(O)CCc2ccccc2)C(c2ccc(O)cc2)N1c1ccc(F)cc1. The van der Waals surface area contributed by atoms with Crippen LogP contribution in [0.2, 0.25) is 0 Å². The van der Waals surface area contributed by atoms with E-state index in [0.717, 1.165) is 11.1 Å². The number of amides is 1. The van der Waals surface area contributed by atoms with Gasteiger partial charge in [0.15, 0.2) is 0 Å². The predicted molar refractivity (Wildman–Crippen MR) is 109 cm³/mol. The summed E-state index contributed by atoms with van der Waals surface area (Å²) in [5.74, 6) is -1.01. The van der Waals surface area contributed by atoms with Crippen LogP contribution >= 0.6 is 0 Å². The number of nitrogens with zero attached hydrogens (tertiary/aromatic N) is 1. The number of anilines is 1. The van der Waals surface area contributed by atoms with Crippen molar-refractivity contribution in [3.8, 4) is 5.75 Å². The number of aliphatic hydroxyl groups excluding tert-OH is 1. The highest BCUT2D eigenvalue weighted by Crippen LogP contribution is 2.46. The summed E-state index contributed by atoms with van der Waals surface area (Å²) in [6, 6.07) is 21.8. The lowest BCUT2D eigenvalue weighted by atomic mass is 9.76. The number of halogens is 1. The molecule has 1 fully saturated rings. The van der Waals surface area contributed by atoms with Crippen molar-refractivity contribution in [2.24, 2.45) is 5.92 Å². The van der Waals surface area contributed by atoms with Gasteiger partial charge in [0.1, 0.15) is 11.6 Å². The second kappa shape index (κ2) is 8.05. The normalized spacial score (nSPS) is 19.7. The Morgan fingerprint density at radius 2 is 1.59 bits per heavy atom. The van der Waals surface area contributed by atoms with Crippen LogP contribution in [0.4, 0.5) is 10.1 Å². The molecule has 1 aliphatic rings. The zero-order valence-corrected chi connectivity index (χ0v) is 15.8. The van der Waals surface area contributed by atoms with Crippen LogP contribution in [0.25, 0.3) is 0 Å². The number of hydrogen-bond donors (Lipinski definition) is 2. The van der Waals surface area contributed by atoms with Gasteiger partial charge in [-0.1, -0.05) is 42.5 Å². The summed E-state index contributed by atoms with van der Waals surface area (Å²) >= 11 is 0. The molecule has 0 bridgehead atoms. The van der Waals surface area contributed by atoms with Gasteiger partial charge in [-0.15, -0.1) is 0 Å². The van der Waals surface area contributed by atoms with Crippen LogP contribution in [0, 0.1) is 11.7 Å². The van der Waals surface area contributed by atoms with Crippen molar-refractivity contribution in [1.29, 1.82) is 0 Å². The smallest absolute Gasteiger partial charge is 0.235 e. The summed E-state index contributed by atoms with van der Waals surface area (Å²) in [6.45, 7) is 0. The van der Waals surface area contributed by atoms with E-state index in [1.165, 1.54) is 12.1 Å².